The summed E-state index contributed by atoms with van der Waals surface area (Å²) in [4.78, 5) is 28.0. The SMILES string of the molecule is CCc1ccc(N=C2NC(=O)/C(=C/c3cc(OC)c(OC)cc3[N+](=O)[O-])S2)cc1. The Kier molecular flexibility index (Phi) is 6.18. The van der Waals surface area contributed by atoms with Gasteiger partial charge in [0.05, 0.1) is 41.4 Å². The fourth-order valence-electron chi connectivity index (χ4n) is 2.70. The van der Waals surface area contributed by atoms with Crippen LogP contribution in [0.5, 0.6) is 11.5 Å². The highest BCUT2D eigenvalue weighted by Crippen LogP contribution is 2.37. The van der Waals surface area contributed by atoms with Crippen molar-refractivity contribution in [1.29, 1.82) is 0 Å². The van der Waals surface area contributed by atoms with Gasteiger partial charge in [-0.25, -0.2) is 4.99 Å². The van der Waals surface area contributed by atoms with Crippen molar-refractivity contribution in [2.75, 3.05) is 14.2 Å². The summed E-state index contributed by atoms with van der Waals surface area (Å²) in [5.74, 6) is 0.198. The van der Waals surface area contributed by atoms with Crippen molar-refractivity contribution in [1.82, 2.24) is 5.32 Å². The molecule has 2 aromatic rings. The zero-order valence-electron chi connectivity index (χ0n) is 16.1. The van der Waals surface area contributed by atoms with E-state index < -0.39 is 4.92 Å². The predicted molar refractivity (Wildman–Crippen MR) is 113 cm³/mol. The number of aliphatic imine (C=N–C) groups is 1. The maximum atomic E-state index is 12.3. The van der Waals surface area contributed by atoms with E-state index in [9.17, 15) is 14.9 Å². The molecular formula is C20H19N3O5S. The maximum absolute atomic E-state index is 12.3. The van der Waals surface area contributed by atoms with Crippen molar-refractivity contribution in [2.45, 2.75) is 13.3 Å². The number of carbonyl (C=O) groups excluding carboxylic acids is 1. The third-order valence-electron chi connectivity index (χ3n) is 4.24. The van der Waals surface area contributed by atoms with E-state index in [4.69, 9.17) is 9.47 Å². The van der Waals surface area contributed by atoms with Crippen LogP contribution in [0.2, 0.25) is 0 Å². The zero-order chi connectivity index (χ0) is 21.0. The van der Waals surface area contributed by atoms with Gasteiger partial charge in [0.2, 0.25) is 0 Å². The minimum atomic E-state index is -0.532. The summed E-state index contributed by atoms with van der Waals surface area (Å²) in [5.41, 5.74) is 1.95. The lowest BCUT2D eigenvalue weighted by atomic mass is 10.1. The van der Waals surface area contributed by atoms with Gasteiger partial charge in [-0.15, -0.1) is 0 Å². The van der Waals surface area contributed by atoms with Gasteiger partial charge in [0.15, 0.2) is 16.7 Å². The fourth-order valence-corrected chi connectivity index (χ4v) is 3.54. The number of nitro benzene ring substituents is 1. The molecule has 0 atom stereocenters. The predicted octanol–water partition coefficient (Wildman–Crippen LogP) is 4.07. The lowest BCUT2D eigenvalue weighted by Gasteiger charge is -2.08. The first-order chi connectivity index (χ1) is 13.9. The zero-order valence-corrected chi connectivity index (χ0v) is 16.9. The molecule has 0 bridgehead atoms. The first-order valence-electron chi connectivity index (χ1n) is 8.74. The summed E-state index contributed by atoms with van der Waals surface area (Å²) >= 11 is 1.12. The summed E-state index contributed by atoms with van der Waals surface area (Å²) in [6.45, 7) is 2.07. The molecule has 1 aliphatic rings. The van der Waals surface area contributed by atoms with E-state index in [1.807, 2.05) is 24.3 Å². The topological polar surface area (TPSA) is 103 Å². The summed E-state index contributed by atoms with van der Waals surface area (Å²) in [7, 11) is 2.84. The van der Waals surface area contributed by atoms with Crippen LogP contribution in [-0.4, -0.2) is 30.2 Å². The molecule has 0 unspecified atom stereocenters. The molecule has 2 aromatic carbocycles. The number of thioether (sulfide) groups is 1. The van der Waals surface area contributed by atoms with Gasteiger partial charge in [-0.05, 0) is 48.0 Å². The molecule has 150 valence electrons. The fraction of sp³-hybridized carbons (Fsp3) is 0.200. The van der Waals surface area contributed by atoms with E-state index in [0.29, 0.717) is 21.5 Å². The molecule has 29 heavy (non-hydrogen) atoms. The van der Waals surface area contributed by atoms with Gasteiger partial charge in [0.1, 0.15) is 0 Å². The standard InChI is InChI=1S/C20H19N3O5S/c1-4-12-5-7-14(8-6-12)21-20-22-19(24)18(29-20)10-13-9-16(27-2)17(28-3)11-15(13)23(25)26/h5-11H,4H2,1-3H3,(H,21,22,24)/b18-10-. The largest absolute Gasteiger partial charge is 0.493 e. The van der Waals surface area contributed by atoms with Crippen LogP contribution >= 0.6 is 11.8 Å². The van der Waals surface area contributed by atoms with Crippen LogP contribution in [0.4, 0.5) is 11.4 Å². The first kappa shape index (κ1) is 20.4. The first-order valence-corrected chi connectivity index (χ1v) is 9.55. The lowest BCUT2D eigenvalue weighted by molar-refractivity contribution is -0.385. The molecule has 8 nitrogen and oxygen atoms in total. The monoisotopic (exact) mass is 413 g/mol. The van der Waals surface area contributed by atoms with Crippen LogP contribution in [0.15, 0.2) is 46.3 Å². The molecule has 0 radical (unpaired) electrons. The van der Waals surface area contributed by atoms with Crippen molar-refractivity contribution in [2.24, 2.45) is 4.99 Å². The summed E-state index contributed by atoms with van der Waals surface area (Å²) in [6.07, 6.45) is 2.38. The second kappa shape index (κ2) is 8.78. The van der Waals surface area contributed by atoms with Crippen LogP contribution in [-0.2, 0) is 11.2 Å². The van der Waals surface area contributed by atoms with E-state index in [1.54, 1.807) is 0 Å². The van der Waals surface area contributed by atoms with Crippen LogP contribution < -0.4 is 14.8 Å². The quantitative estimate of drug-likeness (QED) is 0.435. The number of methoxy groups -OCH3 is 2. The van der Waals surface area contributed by atoms with Gasteiger partial charge in [-0.1, -0.05) is 19.1 Å². The highest BCUT2D eigenvalue weighted by atomic mass is 32.2. The maximum Gasteiger partial charge on any atom is 0.280 e. The Labute approximate surface area is 171 Å². The molecule has 9 heteroatoms. The lowest BCUT2D eigenvalue weighted by Crippen LogP contribution is -2.19. The Morgan fingerprint density at radius 3 is 2.41 bits per heavy atom. The number of nitro groups is 1. The van der Waals surface area contributed by atoms with Crippen LogP contribution in [0.25, 0.3) is 6.08 Å². The number of ether oxygens (including phenoxy) is 2. The number of amides is 1. The third-order valence-corrected chi connectivity index (χ3v) is 5.15. The Morgan fingerprint density at radius 1 is 1.17 bits per heavy atom. The second-order valence-electron chi connectivity index (χ2n) is 6.02. The van der Waals surface area contributed by atoms with Crippen molar-refractivity contribution in [3.05, 3.63) is 62.5 Å². The van der Waals surface area contributed by atoms with Crippen molar-refractivity contribution in [3.63, 3.8) is 0 Å². The van der Waals surface area contributed by atoms with Crippen molar-refractivity contribution >= 4 is 40.3 Å². The van der Waals surface area contributed by atoms with Gasteiger partial charge in [-0.2, -0.15) is 0 Å². The van der Waals surface area contributed by atoms with E-state index in [-0.39, 0.29) is 22.9 Å². The molecule has 1 amide bonds. The van der Waals surface area contributed by atoms with Crippen LogP contribution in [0, 0.1) is 10.1 Å². The number of amidine groups is 1. The average Bonchev–Trinajstić information content (AvgIpc) is 3.06. The highest BCUT2D eigenvalue weighted by Gasteiger charge is 2.26. The van der Waals surface area contributed by atoms with E-state index in [0.717, 1.165) is 18.2 Å². The molecule has 1 heterocycles. The van der Waals surface area contributed by atoms with E-state index >= 15 is 0 Å². The Balaban J connectivity index is 1.93. The van der Waals surface area contributed by atoms with Gasteiger partial charge in [0, 0.05) is 0 Å². The number of benzene rings is 2. The summed E-state index contributed by atoms with van der Waals surface area (Å²) < 4.78 is 10.3. The summed E-state index contributed by atoms with van der Waals surface area (Å²) in [5, 5.41) is 14.5. The molecule has 1 aliphatic heterocycles. The normalized spacial score (nSPS) is 16.2. The third kappa shape index (κ3) is 4.57. The second-order valence-corrected chi connectivity index (χ2v) is 7.06. The van der Waals surface area contributed by atoms with Crippen LogP contribution in [0.3, 0.4) is 0 Å². The van der Waals surface area contributed by atoms with Gasteiger partial charge in [-0.3, -0.25) is 14.9 Å². The smallest absolute Gasteiger partial charge is 0.280 e. The van der Waals surface area contributed by atoms with Crippen molar-refractivity contribution < 1.29 is 19.2 Å². The number of carbonyl (C=O) groups is 1. The number of hydrogen-bond acceptors (Lipinski definition) is 7. The highest BCUT2D eigenvalue weighted by molar-refractivity contribution is 8.18. The minimum absolute atomic E-state index is 0.191. The van der Waals surface area contributed by atoms with Gasteiger partial charge in [0.25, 0.3) is 11.6 Å². The van der Waals surface area contributed by atoms with E-state index in [2.05, 4.69) is 17.2 Å². The van der Waals surface area contributed by atoms with Gasteiger partial charge >= 0.3 is 0 Å². The molecule has 1 fully saturated rings. The Morgan fingerprint density at radius 2 is 1.83 bits per heavy atom. The number of aryl methyl sites for hydroxylation is 1. The van der Waals surface area contributed by atoms with Gasteiger partial charge < -0.3 is 14.8 Å². The van der Waals surface area contributed by atoms with Crippen molar-refractivity contribution in [3.8, 4) is 11.5 Å². The van der Waals surface area contributed by atoms with Crippen LogP contribution in [0.1, 0.15) is 18.1 Å². The molecule has 3 rings (SSSR count). The minimum Gasteiger partial charge on any atom is -0.493 e. The summed E-state index contributed by atoms with van der Waals surface area (Å²) in [6, 6.07) is 10.4. The molecule has 0 spiro atoms. The molecule has 0 aliphatic carbocycles. The number of rotatable bonds is 6. The molecular weight excluding hydrogens is 394 g/mol. The molecule has 0 aromatic heterocycles. The van der Waals surface area contributed by atoms with E-state index in [1.165, 1.54) is 38.0 Å². The number of nitrogens with zero attached hydrogens (tertiary/aromatic N) is 2. The molecule has 1 N–H and O–H groups in total. The molecule has 0 saturated carbocycles. The number of hydrogen-bond donors (Lipinski definition) is 1. The Bertz CT molecular complexity index is 1020. The molecule has 1 saturated heterocycles. The number of nitrogens with one attached hydrogen (secondary N) is 1. The average molecular weight is 413 g/mol. The Hall–Kier alpha value is -3.33.